The van der Waals surface area contributed by atoms with E-state index in [-0.39, 0.29) is 5.54 Å². The molecule has 0 aliphatic rings. The fourth-order valence-electron chi connectivity index (χ4n) is 2.01. The molecule has 4 heteroatoms. The van der Waals surface area contributed by atoms with E-state index >= 15 is 0 Å². The van der Waals surface area contributed by atoms with Crippen molar-refractivity contribution < 1.29 is 0 Å². The third kappa shape index (κ3) is 3.82. The van der Waals surface area contributed by atoms with E-state index in [1.54, 1.807) is 0 Å². The molecule has 1 rings (SSSR count). The van der Waals surface area contributed by atoms with Crippen molar-refractivity contribution in [2.24, 2.45) is 12.8 Å². The van der Waals surface area contributed by atoms with Gasteiger partial charge in [0.2, 0.25) is 0 Å². The molecule has 0 fully saturated rings. The lowest BCUT2D eigenvalue weighted by Crippen LogP contribution is -2.50. The van der Waals surface area contributed by atoms with Crippen LogP contribution < -0.4 is 5.73 Å². The van der Waals surface area contributed by atoms with E-state index in [1.807, 2.05) is 17.9 Å². The third-order valence-electron chi connectivity index (χ3n) is 3.41. The van der Waals surface area contributed by atoms with Gasteiger partial charge in [-0.05, 0) is 32.9 Å². The summed E-state index contributed by atoms with van der Waals surface area (Å²) in [4.78, 5) is 2.47. The summed E-state index contributed by atoms with van der Waals surface area (Å²) in [7, 11) is 1.99. The van der Waals surface area contributed by atoms with Gasteiger partial charge in [-0.3, -0.25) is 9.58 Å². The highest BCUT2D eigenvalue weighted by atomic mass is 15.3. The van der Waals surface area contributed by atoms with Gasteiger partial charge >= 0.3 is 0 Å². The van der Waals surface area contributed by atoms with Crippen LogP contribution in [0.3, 0.4) is 0 Å². The van der Waals surface area contributed by atoms with Gasteiger partial charge in [0.25, 0.3) is 0 Å². The second kappa shape index (κ2) is 6.17. The van der Waals surface area contributed by atoms with Gasteiger partial charge in [-0.1, -0.05) is 6.92 Å². The second-order valence-corrected chi connectivity index (χ2v) is 5.20. The maximum Gasteiger partial charge on any atom is 0.0492 e. The minimum atomic E-state index is 0.0780. The van der Waals surface area contributed by atoms with Gasteiger partial charge < -0.3 is 5.73 Å². The van der Waals surface area contributed by atoms with Gasteiger partial charge in [0.1, 0.15) is 0 Å². The molecule has 2 N–H and O–H groups in total. The molecule has 1 heterocycles. The van der Waals surface area contributed by atoms with Crippen LogP contribution in [0.25, 0.3) is 0 Å². The summed E-state index contributed by atoms with van der Waals surface area (Å²) < 4.78 is 1.94. The molecule has 0 radical (unpaired) electrons. The Morgan fingerprint density at radius 2 is 2.12 bits per heavy atom. The lowest BCUT2D eigenvalue weighted by Gasteiger charge is -2.37. The Bertz CT molecular complexity index is 330. The number of nitrogens with two attached hydrogens (primary N) is 1. The third-order valence-corrected chi connectivity index (χ3v) is 3.41. The zero-order valence-electron chi connectivity index (χ0n) is 11.6. The Labute approximate surface area is 105 Å². The van der Waals surface area contributed by atoms with Crippen LogP contribution in [-0.2, 0) is 13.5 Å². The van der Waals surface area contributed by atoms with Gasteiger partial charge in [0.15, 0.2) is 0 Å². The molecule has 0 amide bonds. The SMILES string of the molecule is CCCN(CCc1ccnn1C)C(C)(C)CN. The quantitative estimate of drug-likeness (QED) is 0.781. The molecule has 0 unspecified atom stereocenters. The van der Waals surface area contributed by atoms with E-state index in [9.17, 15) is 0 Å². The molecule has 0 atom stereocenters. The highest BCUT2D eigenvalue weighted by Crippen LogP contribution is 2.14. The van der Waals surface area contributed by atoms with Crippen LogP contribution in [0.1, 0.15) is 32.9 Å². The lowest BCUT2D eigenvalue weighted by molar-refractivity contribution is 0.128. The number of hydrogen-bond acceptors (Lipinski definition) is 3. The summed E-state index contributed by atoms with van der Waals surface area (Å²) in [5.41, 5.74) is 7.21. The van der Waals surface area contributed by atoms with Crippen molar-refractivity contribution in [3.63, 3.8) is 0 Å². The predicted octanol–water partition coefficient (Wildman–Crippen LogP) is 1.41. The van der Waals surface area contributed by atoms with Crippen LogP contribution in [0, 0.1) is 0 Å². The monoisotopic (exact) mass is 238 g/mol. The number of aromatic nitrogens is 2. The van der Waals surface area contributed by atoms with E-state index in [0.29, 0.717) is 6.54 Å². The average Bonchev–Trinajstić information content (AvgIpc) is 2.70. The van der Waals surface area contributed by atoms with E-state index in [1.165, 1.54) is 5.69 Å². The highest BCUT2D eigenvalue weighted by molar-refractivity contribution is 5.01. The fourth-order valence-corrected chi connectivity index (χ4v) is 2.01. The maximum absolute atomic E-state index is 5.86. The minimum Gasteiger partial charge on any atom is -0.329 e. The summed E-state index contributed by atoms with van der Waals surface area (Å²) >= 11 is 0. The second-order valence-electron chi connectivity index (χ2n) is 5.20. The Morgan fingerprint density at radius 3 is 2.59 bits per heavy atom. The maximum atomic E-state index is 5.86. The Kier molecular flexibility index (Phi) is 5.15. The molecular weight excluding hydrogens is 212 g/mol. The highest BCUT2D eigenvalue weighted by Gasteiger charge is 2.24. The minimum absolute atomic E-state index is 0.0780. The zero-order valence-corrected chi connectivity index (χ0v) is 11.6. The number of rotatable bonds is 7. The van der Waals surface area contributed by atoms with Crippen LogP contribution in [0.15, 0.2) is 12.3 Å². The Balaban J connectivity index is 2.59. The standard InChI is InChI=1S/C13H26N4/c1-5-9-17(13(2,3)11-14)10-7-12-6-8-15-16(12)4/h6,8H,5,7,9-11,14H2,1-4H3. The first-order valence-corrected chi connectivity index (χ1v) is 6.43. The smallest absolute Gasteiger partial charge is 0.0492 e. The van der Waals surface area contributed by atoms with Gasteiger partial charge in [0.05, 0.1) is 0 Å². The fraction of sp³-hybridized carbons (Fsp3) is 0.769. The summed E-state index contributed by atoms with van der Waals surface area (Å²) in [5, 5.41) is 4.20. The summed E-state index contributed by atoms with van der Waals surface area (Å²) in [6, 6.07) is 2.08. The molecule has 0 aliphatic heterocycles. The molecule has 0 saturated carbocycles. The first kappa shape index (κ1) is 14.2. The van der Waals surface area contributed by atoms with Gasteiger partial charge in [-0.25, -0.2) is 0 Å². The van der Waals surface area contributed by atoms with Crippen molar-refractivity contribution in [2.45, 2.75) is 39.2 Å². The largest absolute Gasteiger partial charge is 0.329 e. The number of nitrogens with zero attached hydrogens (tertiary/aromatic N) is 3. The molecule has 1 aromatic rings. The molecule has 0 spiro atoms. The van der Waals surface area contributed by atoms with Crippen LogP contribution in [0.2, 0.25) is 0 Å². The van der Waals surface area contributed by atoms with Crippen molar-refractivity contribution in [1.82, 2.24) is 14.7 Å². The lowest BCUT2D eigenvalue weighted by atomic mass is 10.0. The van der Waals surface area contributed by atoms with Crippen molar-refractivity contribution >= 4 is 0 Å². The van der Waals surface area contributed by atoms with E-state index in [0.717, 1.165) is 25.9 Å². The molecular formula is C13H26N4. The first-order valence-electron chi connectivity index (χ1n) is 6.43. The molecule has 0 saturated heterocycles. The topological polar surface area (TPSA) is 47.1 Å². The zero-order chi connectivity index (χ0) is 12.9. The Morgan fingerprint density at radius 1 is 1.41 bits per heavy atom. The van der Waals surface area contributed by atoms with Crippen molar-refractivity contribution in [2.75, 3.05) is 19.6 Å². The van der Waals surface area contributed by atoms with E-state index in [2.05, 4.69) is 36.8 Å². The van der Waals surface area contributed by atoms with Crippen molar-refractivity contribution in [3.05, 3.63) is 18.0 Å². The normalized spacial score (nSPS) is 12.4. The molecule has 1 aromatic heterocycles. The number of hydrogen-bond donors (Lipinski definition) is 1. The summed E-state index contributed by atoms with van der Waals surface area (Å²) in [6.45, 7) is 9.47. The van der Waals surface area contributed by atoms with Crippen LogP contribution in [0.5, 0.6) is 0 Å². The summed E-state index contributed by atoms with van der Waals surface area (Å²) in [5.74, 6) is 0. The molecule has 0 aromatic carbocycles. The van der Waals surface area contributed by atoms with Crippen LogP contribution in [-0.4, -0.2) is 39.9 Å². The van der Waals surface area contributed by atoms with Gasteiger partial charge in [-0.2, -0.15) is 5.10 Å². The van der Waals surface area contributed by atoms with Crippen LogP contribution >= 0.6 is 0 Å². The first-order chi connectivity index (χ1) is 8.01. The molecule has 4 nitrogen and oxygen atoms in total. The molecule has 0 aliphatic carbocycles. The predicted molar refractivity (Wildman–Crippen MR) is 71.9 cm³/mol. The van der Waals surface area contributed by atoms with E-state index < -0.39 is 0 Å². The number of aryl methyl sites for hydroxylation is 1. The molecule has 17 heavy (non-hydrogen) atoms. The van der Waals surface area contributed by atoms with Gasteiger partial charge in [0, 0.05) is 44.0 Å². The van der Waals surface area contributed by atoms with Crippen molar-refractivity contribution in [1.29, 1.82) is 0 Å². The molecule has 0 bridgehead atoms. The summed E-state index contributed by atoms with van der Waals surface area (Å²) in [6.07, 6.45) is 4.04. The average molecular weight is 238 g/mol. The molecule has 98 valence electrons. The van der Waals surface area contributed by atoms with Crippen molar-refractivity contribution in [3.8, 4) is 0 Å². The Hall–Kier alpha value is -0.870. The van der Waals surface area contributed by atoms with E-state index in [4.69, 9.17) is 5.73 Å². The van der Waals surface area contributed by atoms with Gasteiger partial charge in [-0.15, -0.1) is 0 Å². The van der Waals surface area contributed by atoms with Crippen LogP contribution in [0.4, 0.5) is 0 Å².